The van der Waals surface area contributed by atoms with Crippen LogP contribution in [0.15, 0.2) is 66.4 Å². The lowest BCUT2D eigenvalue weighted by atomic mass is 10.1. The molecule has 28 heavy (non-hydrogen) atoms. The fraction of sp³-hybridized carbons (Fsp3) is 0.190. The monoisotopic (exact) mass is 382 g/mol. The molecule has 146 valence electrons. The quantitative estimate of drug-likeness (QED) is 0.585. The van der Waals surface area contributed by atoms with E-state index in [0.717, 1.165) is 11.8 Å². The first kappa shape index (κ1) is 20.7. The number of hydrogen-bond donors (Lipinski definition) is 1. The largest absolute Gasteiger partial charge is 0.466 e. The maximum Gasteiger partial charge on any atom is 0.354 e. The number of nitrogens with one attached hydrogen (secondary N) is 1. The molecule has 0 spiro atoms. The summed E-state index contributed by atoms with van der Waals surface area (Å²) in [5.41, 5.74) is 1.74. The molecule has 7 heteroatoms. The van der Waals surface area contributed by atoms with Crippen LogP contribution >= 0.6 is 0 Å². The lowest BCUT2D eigenvalue weighted by Gasteiger charge is -2.21. The first-order valence-corrected chi connectivity index (χ1v) is 8.62. The third kappa shape index (κ3) is 5.20. The van der Waals surface area contributed by atoms with Gasteiger partial charge in [-0.2, -0.15) is 0 Å². The second-order valence-electron chi connectivity index (χ2n) is 5.66. The van der Waals surface area contributed by atoms with Crippen molar-refractivity contribution in [2.45, 2.75) is 6.92 Å². The Morgan fingerprint density at radius 3 is 2.14 bits per heavy atom. The Bertz CT molecular complexity index is 860. The number of amides is 1. The van der Waals surface area contributed by atoms with Crippen LogP contribution in [0.4, 0.5) is 11.4 Å². The van der Waals surface area contributed by atoms with Crippen LogP contribution in [0.1, 0.15) is 17.3 Å². The fourth-order valence-electron chi connectivity index (χ4n) is 2.49. The molecule has 2 aromatic carbocycles. The number of anilines is 2. The number of para-hydroxylation sites is 1. The molecule has 2 rings (SSSR count). The van der Waals surface area contributed by atoms with Crippen molar-refractivity contribution in [1.82, 2.24) is 0 Å². The van der Waals surface area contributed by atoms with Crippen LogP contribution in [0.2, 0.25) is 0 Å². The average Bonchev–Trinajstić information content (AvgIpc) is 2.74. The average molecular weight is 382 g/mol. The molecule has 0 saturated heterocycles. The zero-order valence-electron chi connectivity index (χ0n) is 16.0. The van der Waals surface area contributed by atoms with E-state index in [1.807, 2.05) is 37.3 Å². The van der Waals surface area contributed by atoms with E-state index in [9.17, 15) is 14.4 Å². The number of esters is 2. The summed E-state index contributed by atoms with van der Waals surface area (Å²) in [4.78, 5) is 37.7. The number of hydrogen-bond acceptors (Lipinski definition) is 6. The Balaban J connectivity index is 2.20. The molecule has 0 saturated carbocycles. The van der Waals surface area contributed by atoms with Gasteiger partial charge in [0.2, 0.25) is 0 Å². The van der Waals surface area contributed by atoms with Crippen molar-refractivity contribution in [3.8, 4) is 0 Å². The number of rotatable bonds is 7. The third-order valence-electron chi connectivity index (χ3n) is 3.91. The zero-order chi connectivity index (χ0) is 20.5. The van der Waals surface area contributed by atoms with Gasteiger partial charge in [-0.25, -0.2) is 9.59 Å². The Kier molecular flexibility index (Phi) is 7.33. The van der Waals surface area contributed by atoms with Crippen molar-refractivity contribution in [3.63, 3.8) is 0 Å². The first-order valence-electron chi connectivity index (χ1n) is 8.62. The maximum atomic E-state index is 12.8. The molecule has 0 bridgehead atoms. The highest BCUT2D eigenvalue weighted by atomic mass is 16.5. The highest BCUT2D eigenvalue weighted by Crippen LogP contribution is 2.19. The summed E-state index contributed by atoms with van der Waals surface area (Å²) >= 11 is 0. The molecule has 2 aromatic rings. The second-order valence-corrected chi connectivity index (χ2v) is 5.66. The summed E-state index contributed by atoms with van der Waals surface area (Å²) in [6.45, 7) is 2.43. The Morgan fingerprint density at radius 2 is 1.61 bits per heavy atom. The molecule has 0 radical (unpaired) electrons. The molecule has 0 aliphatic heterocycles. The molecule has 7 nitrogen and oxygen atoms in total. The highest BCUT2D eigenvalue weighted by Gasteiger charge is 2.17. The topological polar surface area (TPSA) is 84.9 Å². The Labute approximate surface area is 163 Å². The van der Waals surface area contributed by atoms with E-state index in [1.165, 1.54) is 14.2 Å². The predicted molar refractivity (Wildman–Crippen MR) is 106 cm³/mol. The van der Waals surface area contributed by atoms with Gasteiger partial charge in [0.05, 0.1) is 20.3 Å². The number of carbonyl (C=O) groups is 3. The van der Waals surface area contributed by atoms with Gasteiger partial charge < -0.3 is 19.7 Å². The molecule has 0 aliphatic rings. The van der Waals surface area contributed by atoms with Crippen molar-refractivity contribution >= 4 is 29.2 Å². The van der Waals surface area contributed by atoms with E-state index >= 15 is 0 Å². The normalized spacial score (nSPS) is 10.8. The Morgan fingerprint density at radius 1 is 0.964 bits per heavy atom. The predicted octanol–water partition coefficient (Wildman–Crippen LogP) is 3.00. The highest BCUT2D eigenvalue weighted by molar-refractivity contribution is 6.06. The fourth-order valence-corrected chi connectivity index (χ4v) is 2.49. The minimum atomic E-state index is -0.716. The summed E-state index contributed by atoms with van der Waals surface area (Å²) in [6.07, 6.45) is 0.999. The molecule has 0 heterocycles. The van der Waals surface area contributed by atoms with Gasteiger partial charge in [0.15, 0.2) is 0 Å². The summed E-state index contributed by atoms with van der Waals surface area (Å²) < 4.78 is 9.18. The second kappa shape index (κ2) is 9.91. The SMILES string of the molecule is CCN(C(=O)c1ccc(N/C(=C/C(=O)OC)C(=O)OC)cc1)c1ccccc1. The van der Waals surface area contributed by atoms with Gasteiger partial charge in [-0.3, -0.25) is 4.79 Å². The molecular weight excluding hydrogens is 360 g/mol. The number of carbonyl (C=O) groups excluding carboxylic acids is 3. The molecule has 0 atom stereocenters. The van der Waals surface area contributed by atoms with Crippen LogP contribution in [-0.2, 0) is 19.1 Å². The number of nitrogens with zero attached hydrogens (tertiary/aromatic N) is 1. The van der Waals surface area contributed by atoms with Crippen molar-refractivity contribution < 1.29 is 23.9 Å². The minimum Gasteiger partial charge on any atom is -0.466 e. The number of methoxy groups -OCH3 is 2. The molecule has 0 aromatic heterocycles. The van der Waals surface area contributed by atoms with Crippen LogP contribution in [0.3, 0.4) is 0 Å². The first-order chi connectivity index (χ1) is 13.5. The van der Waals surface area contributed by atoms with Gasteiger partial charge in [-0.15, -0.1) is 0 Å². The molecule has 0 fully saturated rings. The van der Waals surface area contributed by atoms with Gasteiger partial charge in [-0.1, -0.05) is 18.2 Å². The van der Waals surface area contributed by atoms with Gasteiger partial charge in [-0.05, 0) is 43.3 Å². The molecule has 0 unspecified atom stereocenters. The van der Waals surface area contributed by atoms with Crippen molar-refractivity contribution in [1.29, 1.82) is 0 Å². The van der Waals surface area contributed by atoms with E-state index in [4.69, 9.17) is 0 Å². The van der Waals surface area contributed by atoms with E-state index in [2.05, 4.69) is 14.8 Å². The van der Waals surface area contributed by atoms with Crippen molar-refractivity contribution in [3.05, 3.63) is 71.9 Å². The van der Waals surface area contributed by atoms with Gasteiger partial charge in [0.1, 0.15) is 5.70 Å². The lowest BCUT2D eigenvalue weighted by Crippen LogP contribution is -2.30. The van der Waals surface area contributed by atoms with E-state index in [-0.39, 0.29) is 11.6 Å². The van der Waals surface area contributed by atoms with Crippen LogP contribution in [-0.4, -0.2) is 38.6 Å². The van der Waals surface area contributed by atoms with Gasteiger partial charge in [0.25, 0.3) is 5.91 Å². The molecule has 1 amide bonds. The zero-order valence-corrected chi connectivity index (χ0v) is 16.0. The molecular formula is C21H22N2O5. The number of benzene rings is 2. The lowest BCUT2D eigenvalue weighted by molar-refractivity contribution is -0.138. The van der Waals surface area contributed by atoms with Crippen LogP contribution < -0.4 is 10.2 Å². The summed E-state index contributed by atoms with van der Waals surface area (Å²) in [5, 5.41) is 2.80. The summed E-state index contributed by atoms with van der Waals surface area (Å²) in [7, 11) is 2.42. The van der Waals surface area contributed by atoms with Crippen molar-refractivity contribution in [2.24, 2.45) is 0 Å². The maximum absolute atomic E-state index is 12.8. The van der Waals surface area contributed by atoms with Crippen LogP contribution in [0, 0.1) is 0 Å². The minimum absolute atomic E-state index is 0.0760. The van der Waals surface area contributed by atoms with Gasteiger partial charge >= 0.3 is 11.9 Å². The van der Waals surface area contributed by atoms with Crippen LogP contribution in [0.5, 0.6) is 0 Å². The van der Waals surface area contributed by atoms with E-state index < -0.39 is 11.9 Å². The van der Waals surface area contributed by atoms with Crippen molar-refractivity contribution in [2.75, 3.05) is 31.0 Å². The van der Waals surface area contributed by atoms with Gasteiger partial charge in [0, 0.05) is 23.5 Å². The van der Waals surface area contributed by atoms with E-state index in [0.29, 0.717) is 17.8 Å². The summed E-state index contributed by atoms with van der Waals surface area (Å²) in [5.74, 6) is -1.55. The van der Waals surface area contributed by atoms with Crippen LogP contribution in [0.25, 0.3) is 0 Å². The smallest absolute Gasteiger partial charge is 0.354 e. The Hall–Kier alpha value is -3.61. The summed E-state index contributed by atoms with van der Waals surface area (Å²) in [6, 6.07) is 15.9. The van der Waals surface area contributed by atoms with E-state index in [1.54, 1.807) is 29.2 Å². The molecule has 1 N–H and O–H groups in total. The standard InChI is InChI=1S/C21H22N2O5/c1-4-23(17-8-6-5-7-9-17)20(25)15-10-12-16(13-11-15)22-18(21(26)28-3)14-19(24)27-2/h5-14,22H,4H2,1-3H3/b18-14+. The molecule has 0 aliphatic carbocycles. The number of ether oxygens (including phenoxy) is 2. The third-order valence-corrected chi connectivity index (χ3v) is 3.91.